The standard InChI is InChI=1S/C20H20Cl2F4N8O3P/c21-17-15-19(29-7-27-17)33(9-31-15)3-1-11(5-13(23)24)36-38(35)37-12(6-14(25)26)2-4-34-10-32-16-18(22)28-8-30-20(16)34/h5-12,17-18H,1-4H2,(H,27,29)(H,28,30)/q+1. The molecular formula is C20H20Cl2F4N8O3P+. The van der Waals surface area contributed by atoms with Gasteiger partial charge in [0.05, 0.1) is 25.3 Å². The molecule has 0 aromatic carbocycles. The van der Waals surface area contributed by atoms with Crippen molar-refractivity contribution in [3.63, 3.8) is 0 Å². The van der Waals surface area contributed by atoms with Gasteiger partial charge < -0.3 is 19.8 Å². The Balaban J connectivity index is 1.37. The zero-order chi connectivity index (χ0) is 27.2. The third-order valence-corrected chi connectivity index (χ3v) is 6.90. The second-order valence-electron chi connectivity index (χ2n) is 7.86. The number of anilines is 2. The molecule has 0 saturated carbocycles. The highest BCUT2D eigenvalue weighted by Crippen LogP contribution is 2.35. The zero-order valence-electron chi connectivity index (χ0n) is 19.2. The molecule has 0 amide bonds. The Kier molecular flexibility index (Phi) is 9.49. The molecule has 0 spiro atoms. The van der Waals surface area contributed by atoms with Crippen LogP contribution in [-0.2, 0) is 26.7 Å². The van der Waals surface area contributed by atoms with Crippen LogP contribution in [0.3, 0.4) is 0 Å². The Morgan fingerprint density at radius 1 is 0.895 bits per heavy atom. The molecule has 0 saturated heterocycles. The summed E-state index contributed by atoms with van der Waals surface area (Å²) in [6.07, 6.45) is -0.393. The lowest BCUT2D eigenvalue weighted by Gasteiger charge is -2.15. The minimum Gasteiger partial charge on any atom is -0.331 e. The Labute approximate surface area is 224 Å². The molecule has 4 unspecified atom stereocenters. The van der Waals surface area contributed by atoms with E-state index in [1.807, 2.05) is 0 Å². The van der Waals surface area contributed by atoms with Gasteiger partial charge in [-0.15, -0.1) is 9.05 Å². The molecule has 204 valence electrons. The fourth-order valence-corrected chi connectivity index (χ4v) is 4.92. The van der Waals surface area contributed by atoms with Gasteiger partial charge in [-0.05, 0) is 0 Å². The van der Waals surface area contributed by atoms with Gasteiger partial charge in [0, 0.05) is 42.6 Å². The van der Waals surface area contributed by atoms with Crippen LogP contribution in [-0.4, -0.2) is 44.0 Å². The van der Waals surface area contributed by atoms with Gasteiger partial charge in [0.1, 0.15) is 35.2 Å². The molecule has 2 aliphatic heterocycles. The number of hydrogen-bond donors (Lipinski definition) is 2. The summed E-state index contributed by atoms with van der Waals surface area (Å²) in [5.74, 6) is 1.05. The Bertz CT molecular complexity index is 1180. The Hall–Kier alpha value is -2.84. The number of hydrogen-bond acceptors (Lipinski definition) is 9. The summed E-state index contributed by atoms with van der Waals surface area (Å²) in [6, 6.07) is 0. The van der Waals surface area contributed by atoms with Crippen LogP contribution in [0.4, 0.5) is 29.2 Å². The predicted octanol–water partition coefficient (Wildman–Crippen LogP) is 5.93. The summed E-state index contributed by atoms with van der Waals surface area (Å²) in [6.45, 7) is 0.243. The molecule has 0 fully saturated rings. The molecule has 4 rings (SSSR count). The smallest absolute Gasteiger partial charge is 0.331 e. The molecule has 0 bridgehead atoms. The van der Waals surface area contributed by atoms with Gasteiger partial charge in [-0.25, -0.2) is 20.0 Å². The monoisotopic (exact) mass is 597 g/mol. The van der Waals surface area contributed by atoms with Gasteiger partial charge in [-0.2, -0.15) is 17.6 Å². The predicted molar refractivity (Wildman–Crippen MR) is 133 cm³/mol. The van der Waals surface area contributed by atoms with Crippen molar-refractivity contribution in [1.82, 2.24) is 19.1 Å². The second-order valence-corrected chi connectivity index (χ2v) is 9.56. The summed E-state index contributed by atoms with van der Waals surface area (Å²) in [5, 5.41) is 5.75. The third kappa shape index (κ3) is 7.17. The van der Waals surface area contributed by atoms with E-state index < -0.39 is 43.6 Å². The fraction of sp³-hybridized carbons (Fsp3) is 0.400. The lowest BCUT2D eigenvalue weighted by Crippen LogP contribution is -2.16. The minimum absolute atomic E-state index is 0.0671. The molecule has 2 N–H and O–H groups in total. The summed E-state index contributed by atoms with van der Waals surface area (Å²) in [4.78, 5) is 16.2. The molecule has 2 aromatic rings. The van der Waals surface area contributed by atoms with Gasteiger partial charge >= 0.3 is 8.25 Å². The van der Waals surface area contributed by atoms with Gasteiger partial charge in [-0.1, -0.05) is 23.2 Å². The van der Waals surface area contributed by atoms with E-state index in [2.05, 4.69) is 30.6 Å². The highest BCUT2D eigenvalue weighted by atomic mass is 35.5. The van der Waals surface area contributed by atoms with Crippen LogP contribution in [0.15, 0.2) is 47.0 Å². The number of aromatic nitrogens is 4. The lowest BCUT2D eigenvalue weighted by molar-refractivity contribution is 0.150. The van der Waals surface area contributed by atoms with Crippen molar-refractivity contribution in [2.75, 3.05) is 10.6 Å². The third-order valence-electron chi connectivity index (χ3n) is 5.37. The van der Waals surface area contributed by atoms with E-state index in [1.54, 1.807) is 9.13 Å². The number of imidazole rings is 2. The first-order chi connectivity index (χ1) is 18.2. The number of nitrogens with zero attached hydrogens (tertiary/aromatic N) is 6. The molecular weight excluding hydrogens is 578 g/mol. The average Bonchev–Trinajstić information content (AvgIpc) is 3.46. The van der Waals surface area contributed by atoms with Crippen LogP contribution < -0.4 is 10.6 Å². The van der Waals surface area contributed by atoms with Crippen molar-refractivity contribution in [3.8, 4) is 0 Å². The van der Waals surface area contributed by atoms with Gasteiger partial charge in [0.25, 0.3) is 12.2 Å². The molecule has 11 nitrogen and oxygen atoms in total. The van der Waals surface area contributed by atoms with E-state index in [-0.39, 0.29) is 25.9 Å². The number of nitrogens with one attached hydrogen (secondary N) is 2. The zero-order valence-corrected chi connectivity index (χ0v) is 21.6. The Morgan fingerprint density at radius 3 is 1.71 bits per heavy atom. The van der Waals surface area contributed by atoms with E-state index in [4.69, 9.17) is 32.2 Å². The maximum absolute atomic E-state index is 13.0. The first-order valence-electron chi connectivity index (χ1n) is 11.0. The molecule has 2 aliphatic rings. The van der Waals surface area contributed by atoms with Crippen molar-refractivity contribution in [3.05, 3.63) is 48.4 Å². The quantitative estimate of drug-likeness (QED) is 0.135. The highest BCUT2D eigenvalue weighted by Gasteiger charge is 2.32. The van der Waals surface area contributed by atoms with Crippen molar-refractivity contribution < 1.29 is 31.2 Å². The second kappa shape index (κ2) is 12.8. The van der Waals surface area contributed by atoms with Crippen molar-refractivity contribution in [1.29, 1.82) is 0 Å². The van der Waals surface area contributed by atoms with Gasteiger partial charge in [0.15, 0.2) is 11.0 Å². The van der Waals surface area contributed by atoms with Crippen LogP contribution in [0, 0.1) is 0 Å². The molecule has 38 heavy (non-hydrogen) atoms. The number of fused-ring (bicyclic) bond motifs is 2. The Morgan fingerprint density at radius 2 is 1.32 bits per heavy atom. The first kappa shape index (κ1) is 28.2. The summed E-state index contributed by atoms with van der Waals surface area (Å²) in [7, 11) is -3.06. The highest BCUT2D eigenvalue weighted by molar-refractivity contribution is 7.33. The summed E-state index contributed by atoms with van der Waals surface area (Å²) in [5.41, 5.74) is -0.474. The number of halogens is 6. The van der Waals surface area contributed by atoms with Crippen molar-refractivity contribution in [2.24, 2.45) is 9.98 Å². The number of aliphatic imine (C=N–C) groups is 2. The maximum atomic E-state index is 13.0. The first-order valence-corrected chi connectivity index (χ1v) is 13.0. The molecule has 4 atom stereocenters. The van der Waals surface area contributed by atoms with Crippen LogP contribution >= 0.6 is 31.5 Å². The molecule has 0 aliphatic carbocycles. The van der Waals surface area contributed by atoms with Crippen molar-refractivity contribution in [2.45, 2.75) is 49.1 Å². The van der Waals surface area contributed by atoms with Crippen molar-refractivity contribution >= 4 is 55.8 Å². The summed E-state index contributed by atoms with van der Waals surface area (Å²) >= 11 is 12.1. The van der Waals surface area contributed by atoms with E-state index in [9.17, 15) is 22.1 Å². The van der Waals surface area contributed by atoms with Crippen LogP contribution in [0.1, 0.15) is 35.2 Å². The largest absolute Gasteiger partial charge is 0.698 e. The number of alkyl halides is 2. The van der Waals surface area contributed by atoms with Crippen LogP contribution in [0.25, 0.3) is 0 Å². The lowest BCUT2D eigenvalue weighted by atomic mass is 10.2. The van der Waals surface area contributed by atoms with Gasteiger partial charge in [-0.3, -0.25) is 0 Å². The van der Waals surface area contributed by atoms with E-state index in [0.717, 1.165) is 0 Å². The summed E-state index contributed by atoms with van der Waals surface area (Å²) < 4.78 is 78.2. The molecule has 0 radical (unpaired) electrons. The topological polar surface area (TPSA) is 120 Å². The van der Waals surface area contributed by atoms with Gasteiger partial charge in [0.2, 0.25) is 0 Å². The van der Waals surface area contributed by atoms with Crippen LogP contribution in [0.5, 0.6) is 0 Å². The van der Waals surface area contributed by atoms with E-state index in [0.29, 0.717) is 35.2 Å². The normalized spacial score (nSPS) is 19.5. The fourth-order valence-electron chi connectivity index (χ4n) is 3.66. The molecule has 18 heteroatoms. The SMILES string of the molecule is O=[P+](OC(C=C(F)F)CCn1cnc2c1NC=NC2Cl)OC(C=C(F)F)CCn1cnc2c1NC=NC2Cl. The minimum atomic E-state index is -3.06. The average molecular weight is 598 g/mol. The molecule has 2 aromatic heterocycles. The van der Waals surface area contributed by atoms with E-state index >= 15 is 0 Å². The maximum Gasteiger partial charge on any atom is 0.698 e. The van der Waals surface area contributed by atoms with Crippen LogP contribution in [0.2, 0.25) is 0 Å². The molecule has 4 heterocycles. The number of rotatable bonds is 12. The van der Waals surface area contributed by atoms with E-state index in [1.165, 1.54) is 25.3 Å². The number of aryl methyl sites for hydroxylation is 2.